The van der Waals surface area contributed by atoms with Gasteiger partial charge in [-0.1, -0.05) is 38.3 Å². The monoisotopic (exact) mass is 212 g/mol. The molecule has 0 aromatic heterocycles. The lowest BCUT2D eigenvalue weighted by Gasteiger charge is -2.40. The van der Waals surface area contributed by atoms with E-state index < -0.39 is 0 Å². The molecule has 0 aromatic rings. The first-order valence-corrected chi connectivity index (χ1v) is 6.04. The minimum Gasteiger partial charge on any atom is -0.390 e. The first-order chi connectivity index (χ1) is 7.14. The van der Waals surface area contributed by atoms with E-state index in [0.29, 0.717) is 6.42 Å². The highest BCUT2D eigenvalue weighted by atomic mass is 16.5. The molecule has 0 aliphatic heterocycles. The molecular weight excluding hydrogens is 188 g/mol. The Morgan fingerprint density at radius 2 is 2.00 bits per heavy atom. The summed E-state index contributed by atoms with van der Waals surface area (Å²) in [5.74, 6) is 0. The highest BCUT2D eigenvalue weighted by Crippen LogP contribution is 2.36. The lowest BCUT2D eigenvalue weighted by Crippen LogP contribution is -2.45. The number of aliphatic hydroxyl groups excluding tert-OH is 1. The predicted octanol–water partition coefficient (Wildman–Crippen LogP) is 3.05. The van der Waals surface area contributed by atoms with E-state index in [-0.39, 0.29) is 11.7 Å². The van der Waals surface area contributed by atoms with Crippen LogP contribution in [0.1, 0.15) is 51.9 Å². The van der Waals surface area contributed by atoms with Crippen molar-refractivity contribution in [1.29, 1.82) is 0 Å². The first-order valence-electron chi connectivity index (χ1n) is 6.04. The molecule has 1 unspecified atom stereocenters. The lowest BCUT2D eigenvalue weighted by molar-refractivity contribution is -0.122. The molecular formula is C13H24O2. The Balaban J connectivity index is 2.59. The van der Waals surface area contributed by atoms with Crippen molar-refractivity contribution in [3.8, 4) is 0 Å². The molecule has 1 saturated carbocycles. The largest absolute Gasteiger partial charge is 0.390 e. The third-order valence-corrected chi connectivity index (χ3v) is 3.70. The fraction of sp³-hybridized carbons (Fsp3) is 0.846. The van der Waals surface area contributed by atoms with Crippen molar-refractivity contribution >= 4 is 0 Å². The highest BCUT2D eigenvalue weighted by Gasteiger charge is 2.38. The van der Waals surface area contributed by atoms with Crippen LogP contribution >= 0.6 is 0 Å². The van der Waals surface area contributed by atoms with E-state index in [1.807, 2.05) is 0 Å². The third kappa shape index (κ3) is 3.05. The third-order valence-electron chi connectivity index (χ3n) is 3.70. The molecule has 1 rings (SSSR count). The van der Waals surface area contributed by atoms with Gasteiger partial charge < -0.3 is 9.84 Å². The van der Waals surface area contributed by atoms with E-state index in [2.05, 4.69) is 13.5 Å². The fourth-order valence-corrected chi connectivity index (χ4v) is 2.43. The maximum Gasteiger partial charge on any atom is 0.0939 e. The normalized spacial score (nSPS) is 22.3. The van der Waals surface area contributed by atoms with Crippen molar-refractivity contribution in [1.82, 2.24) is 0 Å². The maximum atomic E-state index is 10.2. The summed E-state index contributed by atoms with van der Waals surface area (Å²) in [5.41, 5.74) is 0.820. The topological polar surface area (TPSA) is 29.5 Å². The van der Waals surface area contributed by atoms with Crippen LogP contribution in [0.15, 0.2) is 12.2 Å². The van der Waals surface area contributed by atoms with Crippen molar-refractivity contribution < 1.29 is 9.84 Å². The number of ether oxygens (including phenoxy) is 1. The number of rotatable bonds is 5. The maximum absolute atomic E-state index is 10.2. The summed E-state index contributed by atoms with van der Waals surface area (Å²) in [6.45, 7) is 6.04. The molecule has 2 nitrogen and oxygen atoms in total. The van der Waals surface area contributed by atoms with E-state index in [9.17, 15) is 5.11 Å². The summed E-state index contributed by atoms with van der Waals surface area (Å²) >= 11 is 0. The highest BCUT2D eigenvalue weighted by molar-refractivity contribution is 5.01. The summed E-state index contributed by atoms with van der Waals surface area (Å²) in [4.78, 5) is 0. The molecule has 0 bridgehead atoms. The molecule has 0 aromatic carbocycles. The molecule has 1 aliphatic carbocycles. The molecule has 15 heavy (non-hydrogen) atoms. The Labute approximate surface area is 93.3 Å². The molecule has 2 heteroatoms. The number of aliphatic hydroxyl groups is 1. The number of hydrogen-bond donors (Lipinski definition) is 1. The van der Waals surface area contributed by atoms with Crippen LogP contribution in [0.4, 0.5) is 0 Å². The molecule has 0 radical (unpaired) electrons. The second kappa shape index (κ2) is 5.66. The number of methoxy groups -OCH3 is 1. The van der Waals surface area contributed by atoms with Gasteiger partial charge in [0.05, 0.1) is 11.7 Å². The SMILES string of the molecule is C=C(CC)CC(O)C1(OC)CCCCC1. The molecule has 1 fully saturated rings. The quantitative estimate of drug-likeness (QED) is 0.710. The zero-order valence-electron chi connectivity index (χ0n) is 10.1. The standard InChI is InChI=1S/C13H24O2/c1-4-11(2)10-12(14)13(15-3)8-6-5-7-9-13/h12,14H,2,4-10H2,1,3H3. The molecule has 1 atom stereocenters. The van der Waals surface area contributed by atoms with Crippen LogP contribution in [0.3, 0.4) is 0 Å². The lowest BCUT2D eigenvalue weighted by atomic mass is 9.78. The molecule has 0 spiro atoms. The Morgan fingerprint density at radius 3 is 2.47 bits per heavy atom. The molecule has 1 N–H and O–H groups in total. The summed E-state index contributed by atoms with van der Waals surface area (Å²) in [6.07, 6.45) is 6.83. The summed E-state index contributed by atoms with van der Waals surface area (Å²) in [6, 6.07) is 0. The average molecular weight is 212 g/mol. The second-order valence-corrected chi connectivity index (χ2v) is 4.65. The van der Waals surface area contributed by atoms with Crippen LogP contribution < -0.4 is 0 Å². The zero-order chi connectivity index (χ0) is 11.3. The van der Waals surface area contributed by atoms with E-state index >= 15 is 0 Å². The van der Waals surface area contributed by atoms with Gasteiger partial charge >= 0.3 is 0 Å². The van der Waals surface area contributed by atoms with Gasteiger partial charge in [0.25, 0.3) is 0 Å². The van der Waals surface area contributed by atoms with Crippen LogP contribution in [-0.2, 0) is 4.74 Å². The van der Waals surface area contributed by atoms with Gasteiger partial charge in [-0.15, -0.1) is 0 Å². The first kappa shape index (κ1) is 12.7. The molecule has 0 heterocycles. The summed E-state index contributed by atoms with van der Waals surface area (Å²) < 4.78 is 5.59. The Kier molecular flexibility index (Phi) is 4.81. The Bertz CT molecular complexity index is 205. The van der Waals surface area contributed by atoms with E-state index in [4.69, 9.17) is 4.74 Å². The van der Waals surface area contributed by atoms with E-state index in [0.717, 1.165) is 24.8 Å². The molecule has 88 valence electrons. The smallest absolute Gasteiger partial charge is 0.0939 e. The Morgan fingerprint density at radius 1 is 1.40 bits per heavy atom. The van der Waals surface area contributed by atoms with Gasteiger partial charge in [-0.3, -0.25) is 0 Å². The predicted molar refractivity (Wildman–Crippen MR) is 62.9 cm³/mol. The van der Waals surface area contributed by atoms with E-state index in [1.165, 1.54) is 19.3 Å². The van der Waals surface area contributed by atoms with Crippen molar-refractivity contribution in [2.24, 2.45) is 0 Å². The number of hydrogen-bond acceptors (Lipinski definition) is 2. The zero-order valence-corrected chi connectivity index (χ0v) is 10.1. The molecule has 1 aliphatic rings. The molecule has 0 saturated heterocycles. The van der Waals surface area contributed by atoms with E-state index in [1.54, 1.807) is 7.11 Å². The van der Waals surface area contributed by atoms with Gasteiger partial charge in [0, 0.05) is 7.11 Å². The van der Waals surface area contributed by atoms with Crippen LogP contribution in [0.25, 0.3) is 0 Å². The summed E-state index contributed by atoms with van der Waals surface area (Å²) in [5, 5.41) is 10.2. The van der Waals surface area contributed by atoms with Crippen molar-refractivity contribution in [2.75, 3.05) is 7.11 Å². The van der Waals surface area contributed by atoms with Crippen molar-refractivity contribution in [2.45, 2.75) is 63.6 Å². The Hall–Kier alpha value is -0.340. The van der Waals surface area contributed by atoms with Gasteiger partial charge in [-0.25, -0.2) is 0 Å². The fourth-order valence-electron chi connectivity index (χ4n) is 2.43. The second-order valence-electron chi connectivity index (χ2n) is 4.65. The van der Waals surface area contributed by atoms with Gasteiger partial charge in [0.2, 0.25) is 0 Å². The average Bonchev–Trinajstić information content (AvgIpc) is 2.29. The van der Waals surface area contributed by atoms with Crippen LogP contribution in [-0.4, -0.2) is 23.9 Å². The van der Waals surface area contributed by atoms with Crippen LogP contribution in [0.2, 0.25) is 0 Å². The van der Waals surface area contributed by atoms with Crippen LogP contribution in [0.5, 0.6) is 0 Å². The van der Waals surface area contributed by atoms with Gasteiger partial charge in [-0.2, -0.15) is 0 Å². The van der Waals surface area contributed by atoms with Crippen LogP contribution in [0, 0.1) is 0 Å². The van der Waals surface area contributed by atoms with Crippen molar-refractivity contribution in [3.05, 3.63) is 12.2 Å². The van der Waals surface area contributed by atoms with Crippen molar-refractivity contribution in [3.63, 3.8) is 0 Å². The van der Waals surface area contributed by atoms with Gasteiger partial charge in [0.1, 0.15) is 0 Å². The minimum atomic E-state index is -0.379. The minimum absolute atomic E-state index is 0.295. The molecule has 0 amide bonds. The van der Waals surface area contributed by atoms with Gasteiger partial charge in [-0.05, 0) is 25.7 Å². The summed E-state index contributed by atoms with van der Waals surface area (Å²) in [7, 11) is 1.73. The van der Waals surface area contributed by atoms with Gasteiger partial charge in [0.15, 0.2) is 0 Å².